The molecule has 5 nitrogen and oxygen atoms in total. The molecule has 1 N–H and O–H groups in total. The first-order valence-electron chi connectivity index (χ1n) is 10.7. The van der Waals surface area contributed by atoms with E-state index in [0.29, 0.717) is 12.4 Å². The van der Waals surface area contributed by atoms with Crippen LogP contribution in [0.4, 0.5) is 10.2 Å². The van der Waals surface area contributed by atoms with Gasteiger partial charge in [-0.25, -0.2) is 14.4 Å². The molecule has 1 aliphatic rings. The number of carbonyl (C=O) groups excluding carboxylic acids is 1. The van der Waals surface area contributed by atoms with Crippen LogP contribution in [-0.4, -0.2) is 29.0 Å². The van der Waals surface area contributed by atoms with E-state index in [1.807, 2.05) is 13.0 Å². The largest absolute Gasteiger partial charge is 0.356 e. The first-order valence-corrected chi connectivity index (χ1v) is 10.7. The third kappa shape index (κ3) is 5.08. The Balaban J connectivity index is 1.43. The summed E-state index contributed by atoms with van der Waals surface area (Å²) in [4.78, 5) is 24.1. The maximum atomic E-state index is 13.2. The number of halogens is 1. The van der Waals surface area contributed by atoms with Crippen LogP contribution >= 0.6 is 0 Å². The second-order valence-electron chi connectivity index (χ2n) is 8.17. The van der Waals surface area contributed by atoms with Gasteiger partial charge in [0.05, 0.1) is 12.0 Å². The lowest BCUT2D eigenvalue weighted by molar-refractivity contribution is -0.125. The zero-order chi connectivity index (χ0) is 21.8. The summed E-state index contributed by atoms with van der Waals surface area (Å²) in [6, 6.07) is 16.2. The molecular formula is C25H27FN4O. The van der Waals surface area contributed by atoms with Crippen LogP contribution in [0.3, 0.4) is 0 Å². The van der Waals surface area contributed by atoms with Crippen LogP contribution in [0.15, 0.2) is 60.8 Å². The molecule has 1 aromatic heterocycles. The minimum absolute atomic E-state index is 0.0346. The predicted molar refractivity (Wildman–Crippen MR) is 120 cm³/mol. The van der Waals surface area contributed by atoms with Crippen molar-refractivity contribution in [2.24, 2.45) is 5.92 Å². The van der Waals surface area contributed by atoms with Crippen molar-refractivity contribution < 1.29 is 9.18 Å². The number of benzene rings is 2. The van der Waals surface area contributed by atoms with Crippen LogP contribution in [0.1, 0.15) is 36.9 Å². The van der Waals surface area contributed by atoms with Gasteiger partial charge in [-0.1, -0.05) is 29.8 Å². The van der Waals surface area contributed by atoms with E-state index in [-0.39, 0.29) is 23.7 Å². The predicted octanol–water partition coefficient (Wildman–Crippen LogP) is 4.68. The van der Waals surface area contributed by atoms with Gasteiger partial charge in [0.1, 0.15) is 11.6 Å². The van der Waals surface area contributed by atoms with E-state index in [4.69, 9.17) is 0 Å². The van der Waals surface area contributed by atoms with E-state index < -0.39 is 0 Å². The van der Waals surface area contributed by atoms with Gasteiger partial charge in [0.2, 0.25) is 5.91 Å². The second-order valence-corrected chi connectivity index (χ2v) is 8.17. The Kier molecular flexibility index (Phi) is 6.26. The molecule has 0 radical (unpaired) electrons. The Morgan fingerprint density at radius 3 is 2.61 bits per heavy atom. The van der Waals surface area contributed by atoms with Crippen molar-refractivity contribution >= 4 is 11.7 Å². The van der Waals surface area contributed by atoms with E-state index in [0.717, 1.165) is 36.3 Å². The van der Waals surface area contributed by atoms with Crippen LogP contribution in [0.2, 0.25) is 0 Å². The Morgan fingerprint density at radius 1 is 1.13 bits per heavy atom. The van der Waals surface area contributed by atoms with Crippen LogP contribution < -0.4 is 10.2 Å². The minimum atomic E-state index is -0.287. The summed E-state index contributed by atoms with van der Waals surface area (Å²) >= 11 is 0. The Bertz CT molecular complexity index is 1040. The molecule has 2 aromatic carbocycles. The van der Waals surface area contributed by atoms with E-state index in [1.54, 1.807) is 18.3 Å². The molecule has 0 saturated carbocycles. The van der Waals surface area contributed by atoms with Gasteiger partial charge in [-0.05, 0) is 62.6 Å². The molecular weight excluding hydrogens is 391 g/mol. The van der Waals surface area contributed by atoms with Crippen molar-refractivity contribution in [3.05, 3.63) is 77.7 Å². The number of nitrogens with one attached hydrogen (secondary N) is 1. The van der Waals surface area contributed by atoms with Crippen LogP contribution in [-0.2, 0) is 4.79 Å². The van der Waals surface area contributed by atoms with Gasteiger partial charge in [-0.3, -0.25) is 4.79 Å². The summed E-state index contributed by atoms with van der Waals surface area (Å²) in [6.07, 6.45) is 3.50. The second kappa shape index (κ2) is 9.25. The number of rotatable bonds is 5. The highest BCUT2D eigenvalue weighted by Crippen LogP contribution is 2.25. The lowest BCUT2D eigenvalue weighted by Gasteiger charge is -2.33. The number of piperidine rings is 1. The fraction of sp³-hybridized carbons (Fsp3) is 0.320. The third-order valence-electron chi connectivity index (χ3n) is 5.80. The monoisotopic (exact) mass is 418 g/mol. The molecule has 0 aliphatic carbocycles. The lowest BCUT2D eigenvalue weighted by atomic mass is 9.96. The van der Waals surface area contributed by atoms with Gasteiger partial charge < -0.3 is 10.2 Å². The minimum Gasteiger partial charge on any atom is -0.356 e. The molecule has 2 heterocycles. The Hall–Kier alpha value is -3.28. The number of amides is 1. The molecule has 1 fully saturated rings. The first kappa shape index (κ1) is 21.0. The SMILES string of the molecule is Cc1ccc([C@@H](C)NC(=O)[C@@H]2CCCN(c3ccnc(-c4ccc(F)cc4)n3)C2)cc1. The van der Waals surface area contributed by atoms with E-state index in [9.17, 15) is 9.18 Å². The standard InChI is InChI=1S/C25H27FN4O/c1-17-5-7-19(8-6-17)18(2)28-25(31)21-4-3-15-30(16-21)23-13-14-27-24(29-23)20-9-11-22(26)12-10-20/h5-14,18,21H,3-4,15-16H2,1-2H3,(H,28,31)/t18-,21-/m1/s1. The number of aryl methyl sites for hydroxylation is 1. The first-order chi connectivity index (χ1) is 15.0. The maximum absolute atomic E-state index is 13.2. The van der Waals surface area contributed by atoms with Crippen molar-refractivity contribution in [2.75, 3.05) is 18.0 Å². The average Bonchev–Trinajstić information content (AvgIpc) is 2.80. The molecule has 1 aliphatic heterocycles. The van der Waals surface area contributed by atoms with Gasteiger partial charge in [-0.15, -0.1) is 0 Å². The van der Waals surface area contributed by atoms with Crippen LogP contribution in [0.25, 0.3) is 11.4 Å². The highest BCUT2D eigenvalue weighted by atomic mass is 19.1. The summed E-state index contributed by atoms with van der Waals surface area (Å²) < 4.78 is 13.2. The number of hydrogen-bond donors (Lipinski definition) is 1. The van der Waals surface area contributed by atoms with E-state index >= 15 is 0 Å². The molecule has 1 saturated heterocycles. The van der Waals surface area contributed by atoms with E-state index in [1.165, 1.54) is 17.7 Å². The van der Waals surface area contributed by atoms with Crippen molar-refractivity contribution in [1.29, 1.82) is 0 Å². The lowest BCUT2D eigenvalue weighted by Crippen LogP contribution is -2.44. The number of nitrogens with zero attached hydrogens (tertiary/aromatic N) is 3. The van der Waals surface area contributed by atoms with E-state index in [2.05, 4.69) is 51.4 Å². The quantitative estimate of drug-likeness (QED) is 0.653. The van der Waals surface area contributed by atoms with Crippen molar-refractivity contribution in [3.63, 3.8) is 0 Å². The smallest absolute Gasteiger partial charge is 0.225 e. The van der Waals surface area contributed by atoms with Gasteiger partial charge >= 0.3 is 0 Å². The fourth-order valence-electron chi connectivity index (χ4n) is 3.93. The Labute approximate surface area is 182 Å². The number of anilines is 1. The molecule has 0 bridgehead atoms. The number of hydrogen-bond acceptors (Lipinski definition) is 4. The van der Waals surface area contributed by atoms with Crippen LogP contribution in [0.5, 0.6) is 0 Å². The van der Waals surface area contributed by atoms with Gasteiger partial charge in [-0.2, -0.15) is 0 Å². The topological polar surface area (TPSA) is 58.1 Å². The average molecular weight is 419 g/mol. The number of carbonyl (C=O) groups is 1. The molecule has 1 amide bonds. The summed E-state index contributed by atoms with van der Waals surface area (Å²) in [5, 5.41) is 3.17. The van der Waals surface area contributed by atoms with Gasteiger partial charge in [0, 0.05) is 24.8 Å². The molecule has 6 heteroatoms. The highest BCUT2D eigenvalue weighted by molar-refractivity contribution is 5.80. The van der Waals surface area contributed by atoms with Crippen molar-refractivity contribution in [2.45, 2.75) is 32.7 Å². The van der Waals surface area contributed by atoms with Crippen LogP contribution in [0, 0.1) is 18.7 Å². The fourth-order valence-corrected chi connectivity index (χ4v) is 3.93. The maximum Gasteiger partial charge on any atom is 0.225 e. The molecule has 31 heavy (non-hydrogen) atoms. The highest BCUT2D eigenvalue weighted by Gasteiger charge is 2.27. The summed E-state index contributed by atoms with van der Waals surface area (Å²) in [5.41, 5.74) is 3.07. The third-order valence-corrected chi connectivity index (χ3v) is 5.80. The summed E-state index contributed by atoms with van der Waals surface area (Å²) in [6.45, 7) is 5.53. The molecule has 0 unspecified atom stereocenters. The molecule has 2 atom stereocenters. The van der Waals surface area contributed by atoms with Crippen molar-refractivity contribution in [1.82, 2.24) is 15.3 Å². The zero-order valence-electron chi connectivity index (χ0n) is 17.9. The summed E-state index contributed by atoms with van der Waals surface area (Å²) in [5.74, 6) is 1.04. The molecule has 160 valence electrons. The zero-order valence-corrected chi connectivity index (χ0v) is 17.9. The molecule has 3 aromatic rings. The number of aromatic nitrogens is 2. The molecule has 0 spiro atoms. The normalized spacial score (nSPS) is 17.3. The Morgan fingerprint density at radius 2 is 1.87 bits per heavy atom. The summed E-state index contributed by atoms with van der Waals surface area (Å²) in [7, 11) is 0. The van der Waals surface area contributed by atoms with Gasteiger partial charge in [0.25, 0.3) is 0 Å². The van der Waals surface area contributed by atoms with Gasteiger partial charge in [0.15, 0.2) is 5.82 Å². The van der Waals surface area contributed by atoms with Crippen molar-refractivity contribution in [3.8, 4) is 11.4 Å². The molecule has 4 rings (SSSR count).